The topological polar surface area (TPSA) is 344 Å². The number of anilines is 8. The number of fused-ring (bicyclic) bond motifs is 12. The Labute approximate surface area is 802 Å². The van der Waals surface area contributed by atoms with Crippen LogP contribution in [0, 0.1) is 5.82 Å². The summed E-state index contributed by atoms with van der Waals surface area (Å²) in [5.41, 5.74) is 54.5. The predicted molar refractivity (Wildman–Crippen MR) is 542 cm³/mol. The van der Waals surface area contributed by atoms with Crippen LogP contribution in [-0.4, -0.2) is 68.6 Å². The van der Waals surface area contributed by atoms with E-state index >= 15 is 0 Å². The third kappa shape index (κ3) is 24.1. The lowest BCUT2D eigenvalue weighted by Gasteiger charge is -2.21. The van der Waals surface area contributed by atoms with E-state index in [1.165, 1.54) is 56.6 Å². The number of halogens is 3. The number of aromatic nitrogens is 8. The van der Waals surface area contributed by atoms with E-state index in [0.717, 1.165) is 217 Å². The van der Waals surface area contributed by atoms with Crippen LogP contribution in [0.25, 0.3) is 45.0 Å². The Balaban J connectivity index is 0.000000126. The van der Waals surface area contributed by atoms with Crippen molar-refractivity contribution in [3.05, 3.63) is 419 Å². The molecule has 0 unspecified atom stereocenters. The first-order valence-corrected chi connectivity index (χ1v) is 46.9. The molecular weight excluding hydrogens is 1780 g/mol. The van der Waals surface area contributed by atoms with Gasteiger partial charge in [-0.05, 0) is 267 Å². The summed E-state index contributed by atoms with van der Waals surface area (Å²) < 4.78 is 14.2. The van der Waals surface area contributed by atoms with Crippen LogP contribution in [0.3, 0.4) is 0 Å². The molecule has 136 heavy (non-hydrogen) atoms. The number of phenols is 1. The van der Waals surface area contributed by atoms with E-state index < -0.39 is 0 Å². The second-order valence-electron chi connectivity index (χ2n) is 34.3. The molecule has 0 radical (unpaired) electrons. The monoisotopic (exact) mass is 1880 g/mol. The minimum atomic E-state index is -0.324. The molecule has 0 atom stereocenters. The van der Waals surface area contributed by atoms with Crippen LogP contribution in [0.4, 0.5) is 50.4 Å². The number of nitrogens with two attached hydrogens (primary N) is 4. The normalized spacial score (nSPS) is 12.0. The summed E-state index contributed by atoms with van der Waals surface area (Å²) in [6.07, 6.45) is 13.1. The highest BCUT2D eigenvalue weighted by atomic mass is 79.9. The molecule has 0 fully saturated rings. The maximum absolute atomic E-state index is 13.2. The molecule has 4 amide bonds. The summed E-state index contributed by atoms with van der Waals surface area (Å²) in [7, 11) is 0. The summed E-state index contributed by atoms with van der Waals surface area (Å²) in [5, 5.41) is 22.2. The molecule has 4 aliphatic carbocycles. The van der Waals surface area contributed by atoms with E-state index in [-0.39, 0.29) is 60.9 Å². The quantitative estimate of drug-likeness (QED) is 0.0254. The van der Waals surface area contributed by atoms with Crippen molar-refractivity contribution in [1.82, 2.24) is 39.9 Å². The molecule has 4 heterocycles. The molecule has 21 nitrogen and oxygen atoms in total. The fraction of sp³-hybridized carbons (Fsp3) is 0.179. The summed E-state index contributed by atoms with van der Waals surface area (Å²) in [5.74, 6) is 1.41. The third-order valence-electron chi connectivity index (χ3n) is 24.4. The van der Waals surface area contributed by atoms with Crippen molar-refractivity contribution >= 4 is 97.2 Å². The van der Waals surface area contributed by atoms with Crippen molar-refractivity contribution in [2.45, 2.75) is 128 Å². The largest absolute Gasteiger partial charge is 0.508 e. The summed E-state index contributed by atoms with van der Waals surface area (Å²) >= 11 is 9.41. The third-order valence-corrected chi connectivity index (χ3v) is 25.1. The Morgan fingerprint density at radius 2 is 0.537 bits per heavy atom. The number of nitrogen functional groups attached to an aromatic ring is 4. The number of phenolic OH excluding ortho intramolecular Hbond substituents is 1. The van der Waals surface area contributed by atoms with E-state index in [1.54, 1.807) is 48.5 Å². The van der Waals surface area contributed by atoms with Crippen molar-refractivity contribution in [1.29, 1.82) is 0 Å². The number of benzene rings is 12. The molecule has 4 aromatic heterocycles. The Bertz CT molecular complexity index is 6190. The van der Waals surface area contributed by atoms with Gasteiger partial charge in [-0.2, -0.15) is 0 Å². The number of nitrogens with zero attached hydrogens (tertiary/aromatic N) is 8. The zero-order valence-electron chi connectivity index (χ0n) is 75.0. The predicted octanol–water partition coefficient (Wildman–Crippen LogP) is 20.4. The first kappa shape index (κ1) is 92.4. The van der Waals surface area contributed by atoms with Crippen LogP contribution < -0.4 is 44.2 Å². The van der Waals surface area contributed by atoms with Gasteiger partial charge in [0.1, 0.15) is 11.6 Å². The number of carbonyl (C=O) groups excluding carboxylic acids is 4. The highest BCUT2D eigenvalue weighted by molar-refractivity contribution is 9.10. The molecule has 16 aromatic rings. The number of aryl methyl sites for hydroxylation is 16. The van der Waals surface area contributed by atoms with Gasteiger partial charge in [0, 0.05) is 54.5 Å². The highest BCUT2D eigenvalue weighted by Crippen LogP contribution is 2.40. The molecule has 12 aromatic carbocycles. The molecule has 4 aliphatic rings. The first-order chi connectivity index (χ1) is 66.2. The zero-order valence-corrected chi connectivity index (χ0v) is 77.3. The molecule has 13 N–H and O–H groups in total. The van der Waals surface area contributed by atoms with Crippen molar-refractivity contribution < 1.29 is 28.7 Å². The van der Waals surface area contributed by atoms with Gasteiger partial charge < -0.3 is 49.3 Å². The van der Waals surface area contributed by atoms with Gasteiger partial charge in [-0.1, -0.05) is 222 Å². The maximum Gasteiger partial charge on any atom is 0.229 e. The van der Waals surface area contributed by atoms with Gasteiger partial charge in [0.15, 0.2) is 23.3 Å². The minimum absolute atomic E-state index is 0.0958. The van der Waals surface area contributed by atoms with Gasteiger partial charge in [-0.15, -0.1) is 0 Å². The lowest BCUT2D eigenvalue weighted by molar-refractivity contribution is -0.116. The molecule has 0 aliphatic heterocycles. The molecule has 680 valence electrons. The van der Waals surface area contributed by atoms with Gasteiger partial charge in [0.25, 0.3) is 0 Å². The van der Waals surface area contributed by atoms with Crippen LogP contribution in [0.15, 0.2) is 296 Å². The van der Waals surface area contributed by atoms with E-state index in [2.05, 4.69) is 85.7 Å². The van der Waals surface area contributed by atoms with Gasteiger partial charge in [-0.25, -0.2) is 44.3 Å². The first-order valence-electron chi connectivity index (χ1n) is 45.7. The molecule has 0 saturated heterocycles. The Hall–Kier alpha value is -15.5. The molecule has 0 spiro atoms. The minimum Gasteiger partial charge on any atom is -0.508 e. The maximum atomic E-state index is 13.2. The number of amides is 4. The number of carbonyl (C=O) groups is 4. The fourth-order valence-electron chi connectivity index (χ4n) is 17.4. The van der Waals surface area contributed by atoms with E-state index in [4.69, 9.17) is 74.4 Å². The lowest BCUT2D eigenvalue weighted by atomic mass is 9.91. The van der Waals surface area contributed by atoms with E-state index in [0.29, 0.717) is 54.0 Å². The van der Waals surface area contributed by atoms with Crippen LogP contribution >= 0.6 is 27.5 Å². The van der Waals surface area contributed by atoms with Gasteiger partial charge in [-0.3, -0.25) is 19.2 Å². The van der Waals surface area contributed by atoms with E-state index in [1.807, 2.05) is 182 Å². The lowest BCUT2D eigenvalue weighted by Crippen LogP contribution is -2.20. The standard InChI is InChI=1S/C28H25BrN4O.C28H25ClN4O.C28H25FN4O.C28H26N4O2/c3*29-21-10-6-19(7-11-21)16-26(34)33-28-25(14-8-18-4-2-1-3-5-18)31-27-23-13-12-22(30)17-20(23)9-15-24(27)32-28;29-21-10-13-23-20(17-21)9-15-24-27(23)30-25(14-8-18-4-2-1-3-5-18)28(31-24)32-26(34)16-19-6-11-22(33)12-7-19/h3*1-7,10-13,17H,8-9,14-16,30H2,(H,32,33,34);1-7,10-13,17,33H,8-9,14-16,29H2,(H,31,32,34). The van der Waals surface area contributed by atoms with Crippen LogP contribution in [0.1, 0.15) is 112 Å². The fourth-order valence-corrected chi connectivity index (χ4v) is 17.8. The van der Waals surface area contributed by atoms with Crippen molar-refractivity contribution in [2.24, 2.45) is 0 Å². The second-order valence-corrected chi connectivity index (χ2v) is 35.7. The molecule has 0 saturated carbocycles. The number of hydrogen-bond acceptors (Lipinski definition) is 17. The molecule has 20 rings (SSSR count). The second kappa shape index (κ2) is 43.5. The van der Waals surface area contributed by atoms with Crippen LogP contribution in [0.2, 0.25) is 5.02 Å². The zero-order chi connectivity index (χ0) is 94.0. The Morgan fingerprint density at radius 1 is 0.294 bits per heavy atom. The summed E-state index contributed by atoms with van der Waals surface area (Å²) in [4.78, 5) is 91.1. The molecule has 0 bridgehead atoms. The molecule has 24 heteroatoms. The van der Waals surface area contributed by atoms with Crippen LogP contribution in [-0.2, 0) is 148 Å². The number of rotatable bonds is 24. The van der Waals surface area contributed by atoms with Crippen molar-refractivity contribution in [3.63, 3.8) is 0 Å². The number of aromatic hydroxyl groups is 1. The number of hydrogen-bond donors (Lipinski definition) is 9. The van der Waals surface area contributed by atoms with Crippen molar-refractivity contribution in [2.75, 3.05) is 44.2 Å². The van der Waals surface area contributed by atoms with Gasteiger partial charge in [0.2, 0.25) is 23.6 Å². The smallest absolute Gasteiger partial charge is 0.229 e. The summed E-state index contributed by atoms with van der Waals surface area (Å²) in [6.45, 7) is 0. The average molecular weight is 1890 g/mol. The van der Waals surface area contributed by atoms with Gasteiger partial charge in [0.05, 0.1) is 94.0 Å². The Kier molecular flexibility index (Phi) is 29.5. The van der Waals surface area contributed by atoms with E-state index in [9.17, 15) is 28.7 Å². The average Bonchev–Trinajstić information content (AvgIpc) is 0.783. The van der Waals surface area contributed by atoms with Crippen molar-refractivity contribution in [3.8, 4) is 50.8 Å². The van der Waals surface area contributed by atoms with Crippen LogP contribution in [0.5, 0.6) is 5.75 Å². The Morgan fingerprint density at radius 3 is 0.801 bits per heavy atom. The molecular formula is C112H101BrClFN16O5. The van der Waals surface area contributed by atoms with Gasteiger partial charge >= 0.3 is 0 Å². The summed E-state index contributed by atoms with van der Waals surface area (Å²) in [6, 6.07) is 92.4. The number of nitrogens with one attached hydrogen (secondary N) is 4. The highest BCUT2D eigenvalue weighted by Gasteiger charge is 2.29. The SMILES string of the molecule is Nc1ccc2c(c1)CCc1nc(NC(=O)Cc3ccc(Br)cc3)c(CCc3ccccc3)nc1-2.Nc1ccc2c(c1)CCc1nc(NC(=O)Cc3ccc(Cl)cc3)c(CCc3ccccc3)nc1-2.Nc1ccc2c(c1)CCc1nc(NC(=O)Cc3ccc(F)cc3)c(CCc3ccccc3)nc1-2.Nc1ccc2c(c1)CCc1nc(NC(=O)Cc3ccc(O)cc3)c(CCc3ccccc3)nc1-2.